The van der Waals surface area contributed by atoms with Crippen LogP contribution in [0.15, 0.2) is 24.3 Å². The average Bonchev–Trinajstić information content (AvgIpc) is 2.81. The van der Waals surface area contributed by atoms with Crippen LogP contribution in [0, 0.1) is 0 Å². The van der Waals surface area contributed by atoms with Gasteiger partial charge in [-0.25, -0.2) is 0 Å². The molecule has 32 heavy (non-hydrogen) atoms. The Morgan fingerprint density at radius 1 is 0.500 bits per heavy atom. The summed E-state index contributed by atoms with van der Waals surface area (Å²) in [7, 11) is 0. The number of benzene rings is 1. The Morgan fingerprint density at radius 3 is 1.38 bits per heavy atom. The van der Waals surface area contributed by atoms with E-state index in [0.717, 1.165) is 0 Å². The second-order valence-electron chi connectivity index (χ2n) is 9.84. The molecule has 0 unspecified atom stereocenters. The van der Waals surface area contributed by atoms with Gasteiger partial charge in [0, 0.05) is 0 Å². The van der Waals surface area contributed by atoms with Gasteiger partial charge in [-0.05, 0) is 0 Å². The third kappa shape index (κ3) is 17.3. The monoisotopic (exact) mass is 551 g/mol. The molecule has 1 nitrogen and oxygen atoms in total. The van der Waals surface area contributed by atoms with E-state index in [2.05, 4.69) is 45.0 Å². The van der Waals surface area contributed by atoms with Crippen molar-refractivity contribution in [2.75, 3.05) is 0 Å². The van der Waals surface area contributed by atoms with Gasteiger partial charge in [0.2, 0.25) is 0 Å². The van der Waals surface area contributed by atoms with Crippen molar-refractivity contribution in [3.8, 4) is 5.75 Å². The summed E-state index contributed by atoms with van der Waals surface area (Å²) >= 11 is -1.77. The first-order chi connectivity index (χ1) is 15.8. The van der Waals surface area contributed by atoms with Gasteiger partial charge in [-0.2, -0.15) is 0 Å². The molecule has 0 spiro atoms. The average molecular weight is 550 g/mol. The standard InChI is InChI=1S/C14H22O.2C8H17.Sn/c1-2-3-4-5-6-7-8-13-9-11-14(15)12-10-13;2*1-3-5-7-8-6-4-2;/h9-12,15H,2-8H2,1H3;2*1,3-8H2,2H3;/q;;;+1/p-1. The predicted octanol–water partition coefficient (Wildman–Crippen LogP) is 10.7. The summed E-state index contributed by atoms with van der Waals surface area (Å²) in [5.74, 6) is 1.17. The second kappa shape index (κ2) is 22.6. The summed E-state index contributed by atoms with van der Waals surface area (Å²) in [5.41, 5.74) is 1.49. The Bertz CT molecular complexity index is 482. The van der Waals surface area contributed by atoms with Crippen molar-refractivity contribution in [3.05, 3.63) is 29.8 Å². The van der Waals surface area contributed by atoms with E-state index >= 15 is 0 Å². The maximum absolute atomic E-state index is 6.69. The molecule has 1 aromatic rings. The van der Waals surface area contributed by atoms with Crippen molar-refractivity contribution in [3.63, 3.8) is 0 Å². The molecular formula is C30H55OSn. The summed E-state index contributed by atoms with van der Waals surface area (Å²) in [6.45, 7) is 6.90. The zero-order valence-electron chi connectivity index (χ0n) is 22.1. The fourth-order valence-electron chi connectivity index (χ4n) is 4.43. The van der Waals surface area contributed by atoms with Crippen molar-refractivity contribution in [1.29, 1.82) is 0 Å². The Balaban J connectivity index is 2.37. The molecule has 0 atom stereocenters. The van der Waals surface area contributed by atoms with Crippen LogP contribution < -0.4 is 3.07 Å². The van der Waals surface area contributed by atoms with E-state index in [-0.39, 0.29) is 0 Å². The molecule has 0 saturated carbocycles. The first-order valence-electron chi connectivity index (χ1n) is 14.4. The Labute approximate surface area is 209 Å². The van der Waals surface area contributed by atoms with Gasteiger partial charge < -0.3 is 0 Å². The minimum atomic E-state index is -1.77. The van der Waals surface area contributed by atoms with Crippen LogP contribution in [0.3, 0.4) is 0 Å². The van der Waals surface area contributed by atoms with Gasteiger partial charge in [-0.1, -0.05) is 6.92 Å². The van der Waals surface area contributed by atoms with Gasteiger partial charge in [-0.3, -0.25) is 0 Å². The summed E-state index contributed by atoms with van der Waals surface area (Å²) in [4.78, 5) is 0. The topological polar surface area (TPSA) is 9.23 Å². The summed E-state index contributed by atoms with van der Waals surface area (Å²) < 4.78 is 9.53. The third-order valence-electron chi connectivity index (χ3n) is 6.62. The molecule has 0 aliphatic carbocycles. The molecule has 1 aromatic carbocycles. The fraction of sp³-hybridized carbons (Fsp3) is 0.800. The van der Waals surface area contributed by atoms with Crippen molar-refractivity contribution < 1.29 is 3.07 Å². The van der Waals surface area contributed by atoms with E-state index in [1.165, 1.54) is 142 Å². The molecule has 1 rings (SSSR count). The van der Waals surface area contributed by atoms with Crippen molar-refractivity contribution in [2.45, 2.75) is 152 Å². The van der Waals surface area contributed by atoms with Gasteiger partial charge in [0.05, 0.1) is 0 Å². The molecule has 0 aliphatic rings. The quantitative estimate of drug-likeness (QED) is 0.0973. The van der Waals surface area contributed by atoms with E-state index in [1.807, 2.05) is 0 Å². The number of hydrogen-bond donors (Lipinski definition) is 0. The minimum absolute atomic E-state index is 1.17. The Morgan fingerprint density at radius 2 is 0.906 bits per heavy atom. The first kappa shape index (κ1) is 29.9. The van der Waals surface area contributed by atoms with Crippen molar-refractivity contribution in [2.24, 2.45) is 0 Å². The molecule has 0 saturated heterocycles. The van der Waals surface area contributed by atoms with Crippen LogP contribution in [-0.2, 0) is 6.42 Å². The molecule has 0 amide bonds. The summed E-state index contributed by atoms with van der Waals surface area (Å²) in [6, 6.07) is 9.21. The van der Waals surface area contributed by atoms with E-state index in [4.69, 9.17) is 3.07 Å². The zero-order chi connectivity index (χ0) is 23.1. The molecule has 0 N–H and O–H groups in total. The van der Waals surface area contributed by atoms with Gasteiger partial charge in [-0.15, -0.1) is 0 Å². The molecule has 0 aromatic heterocycles. The van der Waals surface area contributed by atoms with Crippen LogP contribution in [0.4, 0.5) is 0 Å². The zero-order valence-corrected chi connectivity index (χ0v) is 24.9. The van der Waals surface area contributed by atoms with E-state index < -0.39 is 20.2 Å². The number of aryl methyl sites for hydroxylation is 1. The van der Waals surface area contributed by atoms with E-state index in [0.29, 0.717) is 0 Å². The van der Waals surface area contributed by atoms with Crippen LogP contribution >= 0.6 is 0 Å². The molecular weight excluding hydrogens is 495 g/mol. The van der Waals surface area contributed by atoms with E-state index in [9.17, 15) is 0 Å². The van der Waals surface area contributed by atoms with Crippen LogP contribution in [0.25, 0.3) is 0 Å². The SMILES string of the molecule is CCCCCCCCc1ccc([O][Sn]([CH2]CCCCCCC)[CH2]CCCCCCC)cc1. The second-order valence-corrected chi connectivity index (χ2v) is 16.3. The summed E-state index contributed by atoms with van der Waals surface area (Å²) in [5, 5.41) is 0. The van der Waals surface area contributed by atoms with Gasteiger partial charge in [0.25, 0.3) is 0 Å². The van der Waals surface area contributed by atoms with Crippen molar-refractivity contribution >= 4 is 20.2 Å². The first-order valence-corrected chi connectivity index (χ1v) is 19.6. The Hall–Kier alpha value is -0.181. The molecule has 0 heterocycles. The molecule has 2 heteroatoms. The fourth-order valence-corrected chi connectivity index (χ4v) is 10.7. The third-order valence-corrected chi connectivity index (χ3v) is 13.3. The normalized spacial score (nSPS) is 11.4. The Kier molecular flexibility index (Phi) is 21.1. The molecule has 1 radical (unpaired) electrons. The predicted molar refractivity (Wildman–Crippen MR) is 146 cm³/mol. The van der Waals surface area contributed by atoms with Gasteiger partial charge in [0.15, 0.2) is 0 Å². The number of unbranched alkanes of at least 4 members (excludes halogenated alkanes) is 15. The van der Waals surface area contributed by atoms with Crippen LogP contribution in [0.1, 0.15) is 142 Å². The van der Waals surface area contributed by atoms with Crippen molar-refractivity contribution in [1.82, 2.24) is 0 Å². The van der Waals surface area contributed by atoms with Crippen LogP contribution in [0.5, 0.6) is 5.75 Å². The summed E-state index contributed by atoms with van der Waals surface area (Å²) in [6.07, 6.45) is 26.4. The number of hydrogen-bond acceptors (Lipinski definition) is 1. The van der Waals surface area contributed by atoms with Crippen LogP contribution in [-0.4, -0.2) is 20.2 Å². The molecule has 185 valence electrons. The van der Waals surface area contributed by atoms with Crippen LogP contribution in [0.2, 0.25) is 8.87 Å². The van der Waals surface area contributed by atoms with Gasteiger partial charge in [0.1, 0.15) is 0 Å². The molecule has 0 fully saturated rings. The maximum atomic E-state index is 6.69. The van der Waals surface area contributed by atoms with Gasteiger partial charge >= 0.3 is 204 Å². The molecule has 0 bridgehead atoms. The molecule has 0 aliphatic heterocycles. The number of rotatable bonds is 23. The van der Waals surface area contributed by atoms with E-state index in [1.54, 1.807) is 0 Å².